The van der Waals surface area contributed by atoms with E-state index >= 15 is 0 Å². The van der Waals surface area contributed by atoms with Crippen molar-refractivity contribution in [1.82, 2.24) is 4.98 Å². The molecule has 0 bridgehead atoms. The van der Waals surface area contributed by atoms with Gasteiger partial charge in [-0.15, -0.1) is 11.8 Å². The van der Waals surface area contributed by atoms with Crippen LogP contribution in [0.15, 0.2) is 47.6 Å². The van der Waals surface area contributed by atoms with E-state index in [9.17, 15) is 9.59 Å². The van der Waals surface area contributed by atoms with E-state index in [4.69, 9.17) is 4.74 Å². The largest absolute Gasteiger partial charge is 0.465 e. The highest BCUT2D eigenvalue weighted by molar-refractivity contribution is 7.98. The summed E-state index contributed by atoms with van der Waals surface area (Å²) in [7, 11) is 1.30. The Morgan fingerprint density at radius 2 is 1.86 bits per heavy atom. The number of nitrogens with zero attached hydrogens (tertiary/aromatic N) is 1. The Hall–Kier alpha value is -2.34. The third-order valence-corrected chi connectivity index (χ3v) is 3.50. The molecule has 1 aromatic heterocycles. The van der Waals surface area contributed by atoms with E-state index in [1.54, 1.807) is 42.6 Å². The normalized spacial score (nSPS) is 10.0. The van der Waals surface area contributed by atoms with Gasteiger partial charge in [0.25, 0.3) is 5.91 Å². The van der Waals surface area contributed by atoms with Crippen molar-refractivity contribution < 1.29 is 14.3 Å². The molecule has 0 unspecified atom stereocenters. The van der Waals surface area contributed by atoms with Crippen LogP contribution in [0.2, 0.25) is 0 Å². The van der Waals surface area contributed by atoms with Crippen molar-refractivity contribution in [2.24, 2.45) is 0 Å². The van der Waals surface area contributed by atoms with Gasteiger partial charge in [0, 0.05) is 6.20 Å². The van der Waals surface area contributed by atoms with Crippen molar-refractivity contribution >= 4 is 29.3 Å². The van der Waals surface area contributed by atoms with Gasteiger partial charge in [-0.05, 0) is 30.5 Å². The Morgan fingerprint density at radius 1 is 1.14 bits per heavy atom. The number of pyridine rings is 1. The number of aromatic nitrogens is 1. The second-order valence-corrected chi connectivity index (χ2v) is 4.85. The molecule has 0 spiro atoms. The molecule has 1 aromatic carbocycles. The predicted molar refractivity (Wildman–Crippen MR) is 81.8 cm³/mol. The monoisotopic (exact) mass is 302 g/mol. The van der Waals surface area contributed by atoms with Gasteiger partial charge < -0.3 is 10.1 Å². The fourth-order valence-corrected chi connectivity index (χ4v) is 2.34. The topological polar surface area (TPSA) is 68.3 Å². The fourth-order valence-electron chi connectivity index (χ4n) is 1.80. The molecule has 0 fully saturated rings. The number of amides is 1. The lowest BCUT2D eigenvalue weighted by Gasteiger charge is -2.10. The number of nitrogens with one attached hydrogen (secondary N) is 1. The summed E-state index contributed by atoms with van der Waals surface area (Å²) in [4.78, 5) is 28.2. The van der Waals surface area contributed by atoms with E-state index < -0.39 is 5.97 Å². The molecule has 0 aliphatic rings. The van der Waals surface area contributed by atoms with Crippen molar-refractivity contribution in [3.63, 3.8) is 0 Å². The van der Waals surface area contributed by atoms with E-state index in [0.717, 1.165) is 0 Å². The van der Waals surface area contributed by atoms with E-state index in [2.05, 4.69) is 10.3 Å². The van der Waals surface area contributed by atoms with Crippen LogP contribution in [-0.4, -0.2) is 30.2 Å². The predicted octanol–water partition coefficient (Wildman–Crippen LogP) is 2.84. The molecule has 0 atom stereocenters. The summed E-state index contributed by atoms with van der Waals surface area (Å²) in [5, 5.41) is 3.35. The minimum Gasteiger partial charge on any atom is -0.465 e. The summed E-state index contributed by atoms with van der Waals surface area (Å²) in [5.74, 6) is -0.814. The van der Waals surface area contributed by atoms with Gasteiger partial charge in [0.05, 0.1) is 23.9 Å². The Morgan fingerprint density at radius 3 is 2.57 bits per heavy atom. The van der Waals surface area contributed by atoms with Gasteiger partial charge >= 0.3 is 5.97 Å². The number of methoxy groups -OCH3 is 1. The number of benzene rings is 1. The molecule has 1 amide bonds. The van der Waals surface area contributed by atoms with Crippen molar-refractivity contribution in [1.29, 1.82) is 0 Å². The van der Waals surface area contributed by atoms with Crippen molar-refractivity contribution in [2.75, 3.05) is 18.7 Å². The van der Waals surface area contributed by atoms with E-state index in [-0.39, 0.29) is 5.91 Å². The van der Waals surface area contributed by atoms with Gasteiger partial charge in [-0.25, -0.2) is 9.78 Å². The van der Waals surface area contributed by atoms with Gasteiger partial charge in [0.15, 0.2) is 0 Å². The zero-order valence-corrected chi connectivity index (χ0v) is 12.4. The third-order valence-electron chi connectivity index (χ3n) is 2.79. The van der Waals surface area contributed by atoms with Gasteiger partial charge in [-0.1, -0.05) is 12.1 Å². The number of ether oxygens (including phenoxy) is 1. The summed E-state index contributed by atoms with van der Waals surface area (Å²) in [6.07, 6.45) is 3.48. The summed E-state index contributed by atoms with van der Waals surface area (Å²) >= 11 is 1.39. The van der Waals surface area contributed by atoms with Gasteiger partial charge in [-0.3, -0.25) is 4.79 Å². The van der Waals surface area contributed by atoms with Crippen molar-refractivity contribution in [3.05, 3.63) is 53.7 Å². The molecule has 0 saturated heterocycles. The van der Waals surface area contributed by atoms with Crippen LogP contribution in [-0.2, 0) is 4.74 Å². The van der Waals surface area contributed by atoms with Crippen LogP contribution in [0.25, 0.3) is 0 Å². The molecule has 0 aliphatic heterocycles. The van der Waals surface area contributed by atoms with E-state index in [0.29, 0.717) is 21.8 Å². The molecule has 108 valence electrons. The highest BCUT2D eigenvalue weighted by atomic mass is 32.2. The number of carbonyl (C=O) groups is 2. The second-order valence-electron chi connectivity index (χ2n) is 4.05. The van der Waals surface area contributed by atoms with Crippen LogP contribution in [0.5, 0.6) is 0 Å². The van der Waals surface area contributed by atoms with Crippen LogP contribution < -0.4 is 5.32 Å². The minimum atomic E-state index is -0.498. The number of rotatable bonds is 4. The number of para-hydroxylation sites is 1. The lowest BCUT2D eigenvalue weighted by molar-refractivity contribution is 0.0602. The molecule has 6 heteroatoms. The first-order valence-corrected chi connectivity index (χ1v) is 7.37. The molecule has 1 N–H and O–H groups in total. The van der Waals surface area contributed by atoms with Crippen LogP contribution in [0.3, 0.4) is 0 Å². The van der Waals surface area contributed by atoms with Gasteiger partial charge in [0.1, 0.15) is 5.03 Å². The quantitative estimate of drug-likeness (QED) is 0.695. The first-order valence-electron chi connectivity index (χ1n) is 6.15. The van der Waals surface area contributed by atoms with Gasteiger partial charge in [-0.2, -0.15) is 0 Å². The van der Waals surface area contributed by atoms with Gasteiger partial charge in [0.2, 0.25) is 0 Å². The Kier molecular flexibility index (Phi) is 4.94. The molecule has 0 aliphatic carbocycles. The number of anilines is 1. The molecule has 0 saturated carbocycles. The summed E-state index contributed by atoms with van der Waals surface area (Å²) in [6.45, 7) is 0. The van der Waals surface area contributed by atoms with Crippen LogP contribution in [0.4, 0.5) is 5.69 Å². The van der Waals surface area contributed by atoms with Crippen molar-refractivity contribution in [3.8, 4) is 0 Å². The summed E-state index contributed by atoms with van der Waals surface area (Å²) < 4.78 is 4.70. The minimum absolute atomic E-state index is 0.308. The van der Waals surface area contributed by atoms with Crippen LogP contribution >= 0.6 is 11.8 Å². The number of esters is 1. The first kappa shape index (κ1) is 15.1. The highest BCUT2D eigenvalue weighted by Crippen LogP contribution is 2.21. The van der Waals surface area contributed by atoms with E-state index in [1.165, 1.54) is 18.9 Å². The molecule has 2 rings (SSSR count). The maximum absolute atomic E-state index is 12.3. The molecule has 1 heterocycles. The molecular weight excluding hydrogens is 288 g/mol. The Bertz CT molecular complexity index is 673. The Labute approximate surface area is 126 Å². The molecule has 21 heavy (non-hydrogen) atoms. The Balaban J connectivity index is 2.30. The summed E-state index contributed by atoms with van der Waals surface area (Å²) in [5.41, 5.74) is 1.18. The highest BCUT2D eigenvalue weighted by Gasteiger charge is 2.16. The smallest absolute Gasteiger partial charge is 0.339 e. The van der Waals surface area contributed by atoms with E-state index in [1.807, 2.05) is 6.26 Å². The lowest BCUT2D eigenvalue weighted by atomic mass is 10.1. The second kappa shape index (κ2) is 6.90. The molecule has 0 radical (unpaired) electrons. The number of hydrogen-bond acceptors (Lipinski definition) is 5. The molecule has 2 aromatic rings. The standard InChI is InChI=1S/C15H14N2O3S/c1-20-15(19)10-6-3-4-8-12(10)17-13(18)11-7-5-9-16-14(11)21-2/h3-9H,1-2H3,(H,17,18). The van der Waals surface area contributed by atoms with Crippen LogP contribution in [0, 0.1) is 0 Å². The number of carbonyl (C=O) groups excluding carboxylic acids is 2. The summed E-state index contributed by atoms with van der Waals surface area (Å²) in [6, 6.07) is 10.1. The average molecular weight is 302 g/mol. The average Bonchev–Trinajstić information content (AvgIpc) is 2.54. The number of thioether (sulfide) groups is 1. The van der Waals surface area contributed by atoms with Crippen molar-refractivity contribution in [2.45, 2.75) is 5.03 Å². The molecule has 5 nitrogen and oxygen atoms in total. The fraction of sp³-hybridized carbons (Fsp3) is 0.133. The third kappa shape index (κ3) is 3.41. The number of hydrogen-bond donors (Lipinski definition) is 1. The first-order chi connectivity index (χ1) is 10.2. The maximum atomic E-state index is 12.3. The zero-order valence-electron chi connectivity index (χ0n) is 11.6. The van der Waals surface area contributed by atoms with Crippen LogP contribution in [0.1, 0.15) is 20.7 Å². The maximum Gasteiger partial charge on any atom is 0.339 e. The molecular formula is C15H14N2O3S. The SMILES string of the molecule is COC(=O)c1ccccc1NC(=O)c1cccnc1SC. The zero-order chi connectivity index (χ0) is 15.2. The lowest BCUT2D eigenvalue weighted by Crippen LogP contribution is -2.16.